The van der Waals surface area contributed by atoms with Gasteiger partial charge < -0.3 is 4.57 Å². The summed E-state index contributed by atoms with van der Waals surface area (Å²) in [5, 5.41) is 14.7. The van der Waals surface area contributed by atoms with Crippen LogP contribution in [0, 0.1) is 25.2 Å². The summed E-state index contributed by atoms with van der Waals surface area (Å²) >= 11 is 1.74. The van der Waals surface area contributed by atoms with E-state index in [-0.39, 0.29) is 5.91 Å². The van der Waals surface area contributed by atoms with Crippen molar-refractivity contribution in [2.24, 2.45) is 5.10 Å². The van der Waals surface area contributed by atoms with Crippen LogP contribution in [-0.4, -0.2) is 16.7 Å². The summed E-state index contributed by atoms with van der Waals surface area (Å²) in [7, 11) is 0. The number of hydrogen-bond donors (Lipinski definition) is 1. The van der Waals surface area contributed by atoms with Crippen molar-refractivity contribution in [3.05, 3.63) is 39.0 Å². The number of nitrogens with zero attached hydrogens (tertiary/aromatic N) is 3. The quantitative estimate of drug-likeness (QED) is 0.687. The van der Waals surface area contributed by atoms with Gasteiger partial charge in [0.25, 0.3) is 0 Å². The van der Waals surface area contributed by atoms with Crippen LogP contribution >= 0.6 is 11.3 Å². The Morgan fingerprint density at radius 2 is 2.17 bits per heavy atom. The van der Waals surface area contributed by atoms with Crippen molar-refractivity contribution in [1.29, 1.82) is 5.26 Å². The van der Waals surface area contributed by atoms with Crippen LogP contribution < -0.4 is 5.43 Å². The Kier molecular flexibility index (Phi) is 4.54. The third kappa shape index (κ3) is 2.87. The van der Waals surface area contributed by atoms with Gasteiger partial charge in [0.15, 0.2) is 0 Å². The lowest BCUT2D eigenvalue weighted by molar-refractivity contribution is -0.118. The van der Waals surface area contributed by atoms with Gasteiger partial charge in [-0.3, -0.25) is 4.79 Å². The molecule has 2 heterocycles. The number of hydrogen-bond acceptors (Lipinski definition) is 4. The highest BCUT2D eigenvalue weighted by Crippen LogP contribution is 2.38. The highest BCUT2D eigenvalue weighted by Gasteiger charge is 2.23. The number of aromatic nitrogens is 1. The zero-order valence-corrected chi connectivity index (χ0v) is 15.0. The molecule has 0 bridgehead atoms. The van der Waals surface area contributed by atoms with Gasteiger partial charge in [-0.2, -0.15) is 10.4 Å². The highest BCUT2D eigenvalue weighted by molar-refractivity contribution is 7.15. The van der Waals surface area contributed by atoms with Crippen molar-refractivity contribution >= 4 is 23.5 Å². The molecule has 0 aromatic carbocycles. The first-order valence-corrected chi connectivity index (χ1v) is 8.88. The number of amides is 1. The van der Waals surface area contributed by atoms with Crippen molar-refractivity contribution < 1.29 is 4.79 Å². The summed E-state index contributed by atoms with van der Waals surface area (Å²) in [5.41, 5.74) is 7.51. The first kappa shape index (κ1) is 16.5. The van der Waals surface area contributed by atoms with Gasteiger partial charge in [0.1, 0.15) is 11.1 Å². The first-order valence-electron chi connectivity index (χ1n) is 8.06. The van der Waals surface area contributed by atoms with E-state index in [4.69, 9.17) is 0 Å². The number of thiophene rings is 1. The number of aryl methyl sites for hydroxylation is 2. The number of nitrogens with one attached hydrogen (secondary N) is 1. The fourth-order valence-electron chi connectivity index (χ4n) is 3.25. The number of nitriles is 1. The second kappa shape index (κ2) is 6.62. The Hall–Kier alpha value is -2.39. The molecule has 1 amide bonds. The maximum Gasteiger partial charge on any atom is 0.236 e. The van der Waals surface area contributed by atoms with Crippen LogP contribution in [-0.2, 0) is 17.6 Å². The first-order chi connectivity index (χ1) is 11.5. The fourth-order valence-corrected chi connectivity index (χ4v) is 4.70. The summed E-state index contributed by atoms with van der Waals surface area (Å²) in [6, 6.07) is 4.45. The Morgan fingerprint density at radius 1 is 1.42 bits per heavy atom. The van der Waals surface area contributed by atoms with Gasteiger partial charge in [0.2, 0.25) is 5.91 Å². The molecule has 2 aromatic heterocycles. The predicted octanol–water partition coefficient (Wildman–Crippen LogP) is 3.38. The van der Waals surface area contributed by atoms with Crippen molar-refractivity contribution in [3.8, 4) is 11.1 Å². The molecular weight excluding hydrogens is 320 g/mol. The molecule has 0 unspecified atom stereocenters. The van der Waals surface area contributed by atoms with E-state index in [0.29, 0.717) is 0 Å². The molecule has 5 nitrogen and oxygen atoms in total. The molecule has 2 aromatic rings. The monoisotopic (exact) mass is 340 g/mol. The normalized spacial score (nSPS) is 13.8. The molecule has 0 saturated carbocycles. The van der Waals surface area contributed by atoms with Gasteiger partial charge in [0.05, 0.1) is 11.8 Å². The van der Waals surface area contributed by atoms with Gasteiger partial charge in [-0.15, -0.1) is 11.3 Å². The van der Waals surface area contributed by atoms with Crippen LogP contribution in [0.2, 0.25) is 0 Å². The Balaban J connectivity index is 2.06. The molecule has 124 valence electrons. The number of hydrazone groups is 1. The van der Waals surface area contributed by atoms with Crippen molar-refractivity contribution in [2.75, 3.05) is 0 Å². The topological polar surface area (TPSA) is 70.2 Å². The molecule has 0 saturated heterocycles. The molecule has 6 heteroatoms. The lowest BCUT2D eigenvalue weighted by Gasteiger charge is -2.10. The van der Waals surface area contributed by atoms with Crippen LogP contribution in [0.1, 0.15) is 52.7 Å². The van der Waals surface area contributed by atoms with Crippen molar-refractivity contribution in [3.63, 3.8) is 0 Å². The van der Waals surface area contributed by atoms with E-state index in [9.17, 15) is 10.1 Å². The molecule has 1 aliphatic carbocycles. The standard InChI is InChI=1S/C18H20N4OS/c1-11-8-14(10-20-21-13(3)23)12(2)22(11)18-16(9-19)15-6-4-5-7-17(15)24-18/h8,10H,4-7H2,1-3H3,(H,21,23). The maximum atomic E-state index is 10.9. The SMILES string of the molecule is CC(=O)NN=Cc1cc(C)n(-c2sc3c(c2C#N)CCCC3)c1C. The number of fused-ring (bicyclic) bond motifs is 1. The van der Waals surface area contributed by atoms with E-state index in [1.54, 1.807) is 17.6 Å². The minimum Gasteiger partial charge on any atom is -0.308 e. The highest BCUT2D eigenvalue weighted by atomic mass is 32.1. The third-order valence-corrected chi connectivity index (χ3v) is 5.64. The maximum absolute atomic E-state index is 10.9. The molecule has 0 spiro atoms. The minimum atomic E-state index is -0.197. The molecule has 1 N–H and O–H groups in total. The Labute approximate surface area is 145 Å². The average molecular weight is 340 g/mol. The van der Waals surface area contributed by atoms with Gasteiger partial charge in [-0.05, 0) is 51.2 Å². The summed E-state index contributed by atoms with van der Waals surface area (Å²) in [6.07, 6.45) is 6.10. The van der Waals surface area contributed by atoms with Gasteiger partial charge in [-0.1, -0.05) is 0 Å². The minimum absolute atomic E-state index is 0.197. The molecule has 1 aliphatic rings. The molecule has 24 heavy (non-hydrogen) atoms. The van der Waals surface area contributed by atoms with Gasteiger partial charge in [0, 0.05) is 28.8 Å². The zero-order chi connectivity index (χ0) is 17.3. The van der Waals surface area contributed by atoms with E-state index in [2.05, 4.69) is 21.2 Å². The second-order valence-electron chi connectivity index (χ2n) is 6.09. The van der Waals surface area contributed by atoms with Crippen molar-refractivity contribution in [2.45, 2.75) is 46.5 Å². The van der Waals surface area contributed by atoms with Crippen LogP contribution in [0.15, 0.2) is 11.2 Å². The summed E-state index contributed by atoms with van der Waals surface area (Å²) in [6.45, 7) is 5.47. The smallest absolute Gasteiger partial charge is 0.236 e. The molecule has 0 fully saturated rings. The number of carbonyl (C=O) groups excluding carboxylic acids is 1. The van der Waals surface area contributed by atoms with Crippen LogP contribution in [0.5, 0.6) is 0 Å². The van der Waals surface area contributed by atoms with Crippen molar-refractivity contribution in [1.82, 2.24) is 9.99 Å². The van der Waals surface area contributed by atoms with Gasteiger partial charge >= 0.3 is 0 Å². The molecule has 0 atom stereocenters. The zero-order valence-electron chi connectivity index (χ0n) is 14.1. The number of rotatable bonds is 3. The second-order valence-corrected chi connectivity index (χ2v) is 7.17. The van der Waals surface area contributed by atoms with E-state index in [0.717, 1.165) is 46.8 Å². The van der Waals surface area contributed by atoms with Crippen LogP contribution in [0.3, 0.4) is 0 Å². The largest absolute Gasteiger partial charge is 0.308 e. The van der Waals surface area contributed by atoms with Crippen LogP contribution in [0.25, 0.3) is 5.00 Å². The molecule has 0 radical (unpaired) electrons. The van der Waals surface area contributed by atoms with Gasteiger partial charge in [-0.25, -0.2) is 5.43 Å². The van der Waals surface area contributed by atoms with E-state index in [1.165, 1.54) is 23.8 Å². The predicted molar refractivity (Wildman–Crippen MR) is 95.9 cm³/mol. The third-order valence-electron chi connectivity index (χ3n) is 4.36. The lowest BCUT2D eigenvalue weighted by atomic mass is 9.96. The molecule has 3 rings (SSSR count). The average Bonchev–Trinajstić information content (AvgIpc) is 3.04. The molecular formula is C18H20N4OS. The summed E-state index contributed by atoms with van der Waals surface area (Å²) in [5.74, 6) is -0.197. The number of carbonyl (C=O) groups is 1. The van der Waals surface area contributed by atoms with E-state index >= 15 is 0 Å². The molecule has 0 aliphatic heterocycles. The van der Waals surface area contributed by atoms with E-state index in [1.807, 2.05) is 19.9 Å². The Bertz CT molecular complexity index is 867. The van der Waals surface area contributed by atoms with E-state index < -0.39 is 0 Å². The van der Waals surface area contributed by atoms with Crippen LogP contribution in [0.4, 0.5) is 0 Å². The summed E-state index contributed by atoms with van der Waals surface area (Å²) in [4.78, 5) is 12.3. The summed E-state index contributed by atoms with van der Waals surface area (Å²) < 4.78 is 2.14. The lowest BCUT2D eigenvalue weighted by Crippen LogP contribution is -2.12. The Morgan fingerprint density at radius 3 is 2.88 bits per heavy atom. The fraction of sp³-hybridized carbons (Fsp3) is 0.389.